The molecule has 0 aliphatic rings. The number of hydrogen-bond acceptors (Lipinski definition) is 3. The summed E-state index contributed by atoms with van der Waals surface area (Å²) in [6.07, 6.45) is -21.0. The van der Waals surface area contributed by atoms with E-state index in [1.54, 1.807) is 0 Å². The number of carbonyl (C=O) groups is 1. The Morgan fingerprint density at radius 2 is 1.29 bits per heavy atom. The topological polar surface area (TPSA) is 47.6 Å². The minimum atomic E-state index is -7.25. The van der Waals surface area contributed by atoms with Crippen molar-refractivity contribution in [2.45, 2.75) is 30.2 Å². The van der Waals surface area contributed by atoms with Gasteiger partial charge in [-0.1, -0.05) is 0 Å². The van der Waals surface area contributed by atoms with Gasteiger partial charge in [-0.05, 0) is 24.3 Å². The summed E-state index contributed by atoms with van der Waals surface area (Å²) >= 11 is 0. The van der Waals surface area contributed by atoms with Crippen molar-refractivity contribution in [3.05, 3.63) is 24.3 Å². The van der Waals surface area contributed by atoms with Crippen LogP contribution in [0.25, 0.3) is 0 Å². The first-order chi connectivity index (χ1) is 12.4. The van der Waals surface area contributed by atoms with Crippen LogP contribution in [-0.4, -0.2) is 43.3 Å². The number of anilines is 1. The summed E-state index contributed by atoms with van der Waals surface area (Å²) in [5.74, 6) is -16.5. The van der Waals surface area contributed by atoms with Gasteiger partial charge in [-0.25, -0.2) is 0 Å². The second-order valence-corrected chi connectivity index (χ2v) is 4.97. The quantitative estimate of drug-likeness (QED) is 0.661. The molecule has 1 rings (SSSR count). The first kappa shape index (κ1) is 23.7. The predicted octanol–water partition coefficient (Wildman–Crippen LogP) is 4.67. The smallest absolute Gasteiger partial charge is 0.462 e. The van der Waals surface area contributed by atoms with Crippen LogP contribution in [0.4, 0.5) is 54.0 Å². The van der Waals surface area contributed by atoms with Crippen LogP contribution in [0.5, 0.6) is 5.75 Å². The number of nitrogens with one attached hydrogen (secondary N) is 1. The van der Waals surface area contributed by atoms with Crippen molar-refractivity contribution >= 4 is 11.6 Å². The Labute approximate surface area is 148 Å². The predicted molar refractivity (Wildman–Crippen MR) is 68.6 cm³/mol. The van der Waals surface area contributed by atoms with E-state index >= 15 is 0 Å². The molecule has 0 aliphatic carbocycles. The number of alkyl halides is 11. The molecule has 28 heavy (non-hydrogen) atoms. The molecule has 0 saturated heterocycles. The average Bonchev–Trinajstić information content (AvgIpc) is 2.52. The number of benzene rings is 1. The highest BCUT2D eigenvalue weighted by molar-refractivity contribution is 5.96. The van der Waals surface area contributed by atoms with E-state index in [1.165, 1.54) is 7.11 Å². The zero-order chi connectivity index (χ0) is 22.2. The number of halogens is 11. The normalized spacial score (nSPS) is 15.7. The van der Waals surface area contributed by atoms with E-state index < -0.39 is 41.8 Å². The maximum absolute atomic E-state index is 14.0. The molecular weight excluding hydrogens is 427 g/mol. The van der Waals surface area contributed by atoms with E-state index in [0.717, 1.165) is 29.6 Å². The Bertz CT molecular complexity index is 699. The molecule has 4 nitrogen and oxygen atoms in total. The zero-order valence-electron chi connectivity index (χ0n) is 13.2. The summed E-state index contributed by atoms with van der Waals surface area (Å²) in [6.45, 7) is 0. The van der Waals surface area contributed by atoms with Crippen LogP contribution in [0.2, 0.25) is 0 Å². The van der Waals surface area contributed by atoms with Gasteiger partial charge in [0.15, 0.2) is 0 Å². The minimum Gasteiger partial charge on any atom is -0.497 e. The Balaban J connectivity index is 3.26. The van der Waals surface area contributed by atoms with Gasteiger partial charge < -0.3 is 10.1 Å². The lowest BCUT2D eigenvalue weighted by Gasteiger charge is -2.34. The molecule has 0 unspecified atom stereocenters. The van der Waals surface area contributed by atoms with Gasteiger partial charge in [-0.3, -0.25) is 9.53 Å². The largest absolute Gasteiger partial charge is 0.497 e. The highest BCUT2D eigenvalue weighted by Crippen LogP contribution is 2.51. The first-order valence-electron chi connectivity index (χ1n) is 6.62. The molecule has 0 heterocycles. The van der Waals surface area contributed by atoms with Gasteiger partial charge in [0, 0.05) is 5.69 Å². The fraction of sp³-hybridized carbons (Fsp3) is 0.462. The third-order valence-electron chi connectivity index (χ3n) is 2.99. The van der Waals surface area contributed by atoms with Gasteiger partial charge in [0.05, 0.1) is 7.11 Å². The molecule has 15 heteroatoms. The number of methoxy groups -OCH3 is 1. The molecule has 1 aromatic rings. The van der Waals surface area contributed by atoms with Crippen LogP contribution < -0.4 is 10.1 Å². The molecule has 0 saturated carbocycles. The van der Waals surface area contributed by atoms with Gasteiger partial charge in [-0.15, -0.1) is 0 Å². The lowest BCUT2D eigenvalue weighted by molar-refractivity contribution is -0.472. The lowest BCUT2D eigenvalue weighted by atomic mass is 10.2. The standard InChI is InChI=1S/C13H8F11NO3/c1-27-7-4-2-6(3-5-7)25-8(26)9(14,11(17,18)19)28-13(23,24)10(15,16)12(20,21)22/h2-5H,1H3,(H,25,26)/t9-/m1/s1. The number of amides is 1. The second-order valence-electron chi connectivity index (χ2n) is 4.97. The Morgan fingerprint density at radius 3 is 1.64 bits per heavy atom. The van der Waals surface area contributed by atoms with Crippen LogP contribution in [0.1, 0.15) is 0 Å². The van der Waals surface area contributed by atoms with E-state index in [-0.39, 0.29) is 5.75 Å². The number of carbonyl (C=O) groups excluding carboxylic acids is 1. The van der Waals surface area contributed by atoms with Crippen molar-refractivity contribution in [2.75, 3.05) is 12.4 Å². The summed E-state index contributed by atoms with van der Waals surface area (Å²) in [5, 5.41) is 1.08. The van der Waals surface area contributed by atoms with Crippen molar-refractivity contribution in [1.82, 2.24) is 0 Å². The molecule has 0 aliphatic heterocycles. The SMILES string of the molecule is COc1ccc(NC(=O)[C@@](F)(OC(F)(F)C(F)(F)C(F)(F)F)C(F)(F)F)cc1. The van der Waals surface area contributed by atoms with E-state index in [2.05, 4.69) is 9.47 Å². The molecule has 1 aromatic carbocycles. The van der Waals surface area contributed by atoms with Gasteiger partial charge in [-0.2, -0.15) is 48.3 Å². The van der Waals surface area contributed by atoms with E-state index in [1.807, 2.05) is 0 Å². The molecule has 1 amide bonds. The molecule has 1 N–H and O–H groups in total. The highest BCUT2D eigenvalue weighted by atomic mass is 19.4. The fourth-order valence-electron chi connectivity index (χ4n) is 1.52. The fourth-order valence-corrected chi connectivity index (χ4v) is 1.52. The van der Waals surface area contributed by atoms with Gasteiger partial charge in [0.1, 0.15) is 5.75 Å². The molecular formula is C13H8F11NO3. The summed E-state index contributed by atoms with van der Waals surface area (Å²) < 4.78 is 147. The van der Waals surface area contributed by atoms with Crippen molar-refractivity contribution in [2.24, 2.45) is 0 Å². The number of ether oxygens (including phenoxy) is 2. The lowest BCUT2D eigenvalue weighted by Crippen LogP contribution is -2.62. The van der Waals surface area contributed by atoms with Crippen LogP contribution in [-0.2, 0) is 9.53 Å². The van der Waals surface area contributed by atoms with E-state index in [4.69, 9.17) is 0 Å². The van der Waals surface area contributed by atoms with Crippen LogP contribution in [0, 0.1) is 0 Å². The summed E-state index contributed by atoms with van der Waals surface area (Å²) in [5.41, 5.74) is -0.674. The molecule has 1 atom stereocenters. The Kier molecular flexibility index (Phi) is 6.14. The minimum absolute atomic E-state index is 0.0907. The Morgan fingerprint density at radius 1 is 0.821 bits per heavy atom. The highest BCUT2D eigenvalue weighted by Gasteiger charge is 2.79. The average molecular weight is 435 g/mol. The van der Waals surface area contributed by atoms with Crippen molar-refractivity contribution in [1.29, 1.82) is 0 Å². The summed E-state index contributed by atoms with van der Waals surface area (Å²) in [6, 6.07) is 3.60. The molecule has 0 bridgehead atoms. The maximum Gasteiger partial charge on any atom is 0.462 e. The number of hydrogen-bond donors (Lipinski definition) is 1. The number of rotatable bonds is 6. The third-order valence-corrected chi connectivity index (χ3v) is 2.99. The second kappa shape index (κ2) is 7.25. The molecule has 0 radical (unpaired) electrons. The van der Waals surface area contributed by atoms with Crippen molar-refractivity contribution < 1.29 is 62.6 Å². The Hall–Kier alpha value is -2.32. The zero-order valence-corrected chi connectivity index (χ0v) is 13.2. The van der Waals surface area contributed by atoms with Crippen LogP contribution in [0.15, 0.2) is 24.3 Å². The van der Waals surface area contributed by atoms with Crippen molar-refractivity contribution in [3.8, 4) is 5.75 Å². The van der Waals surface area contributed by atoms with Gasteiger partial charge in [0.2, 0.25) is 0 Å². The molecule has 160 valence electrons. The van der Waals surface area contributed by atoms with Crippen molar-refractivity contribution in [3.63, 3.8) is 0 Å². The van der Waals surface area contributed by atoms with E-state index in [0.29, 0.717) is 0 Å². The van der Waals surface area contributed by atoms with E-state index in [9.17, 15) is 53.1 Å². The van der Waals surface area contributed by atoms with Gasteiger partial charge >= 0.3 is 30.2 Å². The maximum atomic E-state index is 14.0. The first-order valence-corrected chi connectivity index (χ1v) is 6.62. The molecule has 0 aromatic heterocycles. The molecule has 0 fully saturated rings. The third kappa shape index (κ3) is 4.39. The molecule has 0 spiro atoms. The summed E-state index contributed by atoms with van der Waals surface area (Å²) in [4.78, 5) is 11.5. The monoisotopic (exact) mass is 435 g/mol. The van der Waals surface area contributed by atoms with Crippen LogP contribution >= 0.6 is 0 Å². The van der Waals surface area contributed by atoms with Gasteiger partial charge in [0.25, 0.3) is 5.91 Å². The van der Waals surface area contributed by atoms with Crippen LogP contribution in [0.3, 0.4) is 0 Å². The summed E-state index contributed by atoms with van der Waals surface area (Å²) in [7, 11) is 1.17.